The van der Waals surface area contributed by atoms with Crippen LogP contribution in [0.15, 0.2) is 36.4 Å². The summed E-state index contributed by atoms with van der Waals surface area (Å²) < 4.78 is 10.5. The van der Waals surface area contributed by atoms with Crippen LogP contribution in [0, 0.1) is 0 Å². The summed E-state index contributed by atoms with van der Waals surface area (Å²) >= 11 is 12.0. The molecule has 0 heterocycles. The molecule has 0 aromatic heterocycles. The van der Waals surface area contributed by atoms with Crippen LogP contribution in [0.1, 0.15) is 19.4 Å². The van der Waals surface area contributed by atoms with Crippen molar-refractivity contribution < 1.29 is 14.3 Å². The lowest BCUT2D eigenvalue weighted by Crippen LogP contribution is -2.34. The average Bonchev–Trinajstić information content (AvgIpc) is 2.56. The first kappa shape index (κ1) is 18.4. The van der Waals surface area contributed by atoms with Crippen LogP contribution in [-0.2, 0) is 10.2 Å². The van der Waals surface area contributed by atoms with E-state index in [1.165, 1.54) is 14.2 Å². The third-order valence-electron chi connectivity index (χ3n) is 3.86. The first-order valence-electron chi connectivity index (χ1n) is 7.28. The van der Waals surface area contributed by atoms with Gasteiger partial charge in [-0.3, -0.25) is 4.79 Å². The van der Waals surface area contributed by atoms with E-state index >= 15 is 0 Å². The Bertz CT molecular complexity index is 743. The number of benzene rings is 2. The number of nitrogens with one attached hydrogen (secondary N) is 1. The fraction of sp³-hybridized carbons (Fsp3) is 0.278. The third kappa shape index (κ3) is 3.77. The lowest BCUT2D eigenvalue weighted by Gasteiger charge is -2.25. The fourth-order valence-corrected chi connectivity index (χ4v) is 2.59. The predicted molar refractivity (Wildman–Crippen MR) is 97.7 cm³/mol. The highest BCUT2D eigenvalue weighted by Crippen LogP contribution is 2.37. The molecule has 6 heteroatoms. The van der Waals surface area contributed by atoms with E-state index in [0.29, 0.717) is 27.2 Å². The molecule has 0 spiro atoms. The number of rotatable bonds is 5. The summed E-state index contributed by atoms with van der Waals surface area (Å²) in [5.41, 5.74) is 0.581. The summed E-state index contributed by atoms with van der Waals surface area (Å²) in [5.74, 6) is 0.727. The maximum atomic E-state index is 12.8. The van der Waals surface area contributed by atoms with Gasteiger partial charge in [0.05, 0.1) is 30.3 Å². The highest BCUT2D eigenvalue weighted by Gasteiger charge is 2.30. The predicted octanol–water partition coefficient (Wildman–Crippen LogP) is 4.93. The van der Waals surface area contributed by atoms with Crippen LogP contribution < -0.4 is 14.8 Å². The molecule has 0 radical (unpaired) electrons. The number of hydrogen-bond donors (Lipinski definition) is 1. The Hall–Kier alpha value is -1.91. The molecule has 0 aliphatic rings. The fourth-order valence-electron chi connectivity index (χ4n) is 2.23. The van der Waals surface area contributed by atoms with Gasteiger partial charge in [0.25, 0.3) is 0 Å². The smallest absolute Gasteiger partial charge is 0.234 e. The van der Waals surface area contributed by atoms with Crippen molar-refractivity contribution in [1.29, 1.82) is 0 Å². The number of anilines is 1. The second-order valence-corrected chi connectivity index (χ2v) is 6.62. The second kappa shape index (κ2) is 7.32. The molecule has 24 heavy (non-hydrogen) atoms. The Balaban J connectivity index is 2.33. The normalized spacial score (nSPS) is 11.1. The minimum atomic E-state index is -0.761. The molecule has 4 nitrogen and oxygen atoms in total. The van der Waals surface area contributed by atoms with Gasteiger partial charge in [-0.05, 0) is 31.5 Å². The van der Waals surface area contributed by atoms with Gasteiger partial charge in [-0.25, -0.2) is 0 Å². The van der Waals surface area contributed by atoms with E-state index in [0.717, 1.165) is 5.56 Å². The average molecular weight is 368 g/mol. The minimum absolute atomic E-state index is 0.188. The summed E-state index contributed by atoms with van der Waals surface area (Å²) in [5, 5.41) is 3.91. The van der Waals surface area contributed by atoms with Crippen molar-refractivity contribution in [3.05, 3.63) is 52.0 Å². The molecule has 2 aromatic carbocycles. The largest absolute Gasteiger partial charge is 0.495 e. The topological polar surface area (TPSA) is 47.6 Å². The van der Waals surface area contributed by atoms with Crippen LogP contribution in [0.4, 0.5) is 5.69 Å². The summed E-state index contributed by atoms with van der Waals surface area (Å²) in [6.45, 7) is 3.68. The molecule has 0 aliphatic carbocycles. The quantitative estimate of drug-likeness (QED) is 0.814. The Labute approximate surface area is 151 Å². The zero-order valence-electron chi connectivity index (χ0n) is 13.9. The van der Waals surface area contributed by atoms with Crippen LogP contribution in [0.2, 0.25) is 10.0 Å². The van der Waals surface area contributed by atoms with Gasteiger partial charge in [0.1, 0.15) is 11.5 Å². The zero-order chi connectivity index (χ0) is 17.9. The first-order chi connectivity index (χ1) is 11.3. The van der Waals surface area contributed by atoms with Crippen molar-refractivity contribution in [2.75, 3.05) is 19.5 Å². The van der Waals surface area contributed by atoms with E-state index in [4.69, 9.17) is 32.7 Å². The Morgan fingerprint density at radius 3 is 2.12 bits per heavy atom. The summed E-state index contributed by atoms with van der Waals surface area (Å²) in [6.07, 6.45) is 0. The molecule has 0 fully saturated rings. The highest BCUT2D eigenvalue weighted by molar-refractivity contribution is 6.32. The van der Waals surface area contributed by atoms with Crippen LogP contribution in [0.5, 0.6) is 11.5 Å². The maximum Gasteiger partial charge on any atom is 0.234 e. The van der Waals surface area contributed by atoms with E-state index < -0.39 is 5.41 Å². The molecule has 1 N–H and O–H groups in total. The Morgan fingerprint density at radius 1 is 1.00 bits per heavy atom. The van der Waals surface area contributed by atoms with Crippen molar-refractivity contribution in [2.24, 2.45) is 0 Å². The number of carbonyl (C=O) groups is 1. The van der Waals surface area contributed by atoms with Crippen molar-refractivity contribution in [3.63, 3.8) is 0 Å². The number of methoxy groups -OCH3 is 2. The lowest BCUT2D eigenvalue weighted by molar-refractivity contribution is -0.120. The molecule has 0 atom stereocenters. The highest BCUT2D eigenvalue weighted by atomic mass is 35.5. The van der Waals surface area contributed by atoms with Crippen molar-refractivity contribution in [1.82, 2.24) is 0 Å². The minimum Gasteiger partial charge on any atom is -0.495 e. The van der Waals surface area contributed by atoms with Crippen LogP contribution >= 0.6 is 23.2 Å². The van der Waals surface area contributed by atoms with E-state index in [-0.39, 0.29) is 5.91 Å². The van der Waals surface area contributed by atoms with E-state index in [2.05, 4.69) is 5.32 Å². The van der Waals surface area contributed by atoms with Gasteiger partial charge >= 0.3 is 0 Å². The SMILES string of the molecule is COc1cc(NC(=O)C(C)(C)c2ccc(Cl)cc2)c(OC)cc1Cl. The molecule has 0 saturated heterocycles. The monoisotopic (exact) mass is 367 g/mol. The Morgan fingerprint density at radius 2 is 1.58 bits per heavy atom. The molecule has 0 aliphatic heterocycles. The van der Waals surface area contributed by atoms with Gasteiger partial charge in [-0.15, -0.1) is 0 Å². The summed E-state index contributed by atoms with van der Waals surface area (Å²) in [6, 6.07) is 10.4. The van der Waals surface area contributed by atoms with Gasteiger partial charge in [-0.2, -0.15) is 0 Å². The van der Waals surface area contributed by atoms with Crippen LogP contribution in [0.3, 0.4) is 0 Å². The van der Waals surface area contributed by atoms with Gasteiger partial charge in [-0.1, -0.05) is 35.3 Å². The van der Waals surface area contributed by atoms with E-state index in [9.17, 15) is 4.79 Å². The zero-order valence-corrected chi connectivity index (χ0v) is 15.5. The molecule has 1 amide bonds. The molecule has 0 bridgehead atoms. The van der Waals surface area contributed by atoms with Gasteiger partial charge in [0.2, 0.25) is 5.91 Å². The van der Waals surface area contributed by atoms with E-state index in [1.54, 1.807) is 24.3 Å². The first-order valence-corrected chi connectivity index (χ1v) is 8.04. The molecule has 0 unspecified atom stereocenters. The molecule has 128 valence electrons. The van der Waals surface area contributed by atoms with Gasteiger partial charge < -0.3 is 14.8 Å². The second-order valence-electron chi connectivity index (χ2n) is 5.77. The molecular formula is C18H19Cl2NO3. The molecule has 2 rings (SSSR count). The van der Waals surface area contributed by atoms with Crippen molar-refractivity contribution in [3.8, 4) is 11.5 Å². The summed E-state index contributed by atoms with van der Waals surface area (Å²) in [4.78, 5) is 12.8. The molecular weight excluding hydrogens is 349 g/mol. The van der Waals surface area contributed by atoms with Crippen molar-refractivity contribution >= 4 is 34.8 Å². The number of hydrogen-bond acceptors (Lipinski definition) is 3. The van der Waals surface area contributed by atoms with Crippen LogP contribution in [-0.4, -0.2) is 20.1 Å². The van der Waals surface area contributed by atoms with Crippen LogP contribution in [0.25, 0.3) is 0 Å². The third-order valence-corrected chi connectivity index (χ3v) is 4.40. The number of ether oxygens (including phenoxy) is 2. The standard InChI is InChI=1S/C18H19Cl2NO3/c1-18(2,11-5-7-12(19)8-6-11)17(22)21-14-10-15(23-3)13(20)9-16(14)24-4/h5-10H,1-4H3,(H,21,22). The Kier molecular flexibility index (Phi) is 5.62. The van der Waals surface area contributed by atoms with Crippen molar-refractivity contribution in [2.45, 2.75) is 19.3 Å². The van der Waals surface area contributed by atoms with E-state index in [1.807, 2.05) is 26.0 Å². The molecule has 2 aromatic rings. The maximum absolute atomic E-state index is 12.8. The number of carbonyl (C=O) groups excluding carboxylic acids is 1. The van der Waals surface area contributed by atoms with Gasteiger partial charge in [0.15, 0.2) is 0 Å². The molecule has 0 saturated carbocycles. The number of halogens is 2. The summed E-state index contributed by atoms with van der Waals surface area (Å²) in [7, 11) is 3.02. The van der Waals surface area contributed by atoms with Gasteiger partial charge in [0, 0.05) is 17.2 Å². The lowest BCUT2D eigenvalue weighted by atomic mass is 9.83. The number of amides is 1.